The Morgan fingerprint density at radius 3 is 2.48 bits per heavy atom. The summed E-state index contributed by atoms with van der Waals surface area (Å²) in [4.78, 5) is 13.9. The fraction of sp³-hybridized carbons (Fsp3) is 0.333. The second-order valence-corrected chi connectivity index (χ2v) is 7.62. The Morgan fingerprint density at radius 1 is 1.22 bits per heavy atom. The van der Waals surface area contributed by atoms with Gasteiger partial charge in [0.05, 0.1) is 6.21 Å². The monoisotopic (exact) mass is 330 g/mol. The highest BCUT2D eigenvalue weighted by Crippen LogP contribution is 2.24. The van der Waals surface area contributed by atoms with Crippen molar-refractivity contribution < 1.29 is 9.53 Å². The molecule has 0 saturated carbocycles. The number of ether oxygens (including phenoxy) is 1. The third-order valence-electron chi connectivity index (χ3n) is 3.23. The first-order valence-corrected chi connectivity index (χ1v) is 8.28. The quantitative estimate of drug-likeness (QED) is 0.668. The molecule has 1 aromatic heterocycles. The molecule has 1 amide bonds. The number of amides is 1. The Balaban J connectivity index is 1.79. The number of carbonyl (C=O) groups is 1. The summed E-state index contributed by atoms with van der Waals surface area (Å²) >= 11 is 1.62. The van der Waals surface area contributed by atoms with Gasteiger partial charge in [-0.15, -0.1) is 11.3 Å². The number of nitrogens with zero attached hydrogens (tertiary/aromatic N) is 1. The molecule has 0 aliphatic carbocycles. The first kappa shape index (κ1) is 17.2. The molecule has 0 bridgehead atoms. The molecule has 122 valence electrons. The van der Waals surface area contributed by atoms with Gasteiger partial charge in [0, 0.05) is 9.75 Å². The van der Waals surface area contributed by atoms with E-state index in [9.17, 15) is 4.79 Å². The van der Waals surface area contributed by atoms with Crippen LogP contribution in [0.5, 0.6) is 5.75 Å². The average molecular weight is 330 g/mol. The molecule has 4 nitrogen and oxygen atoms in total. The number of carbonyl (C=O) groups excluding carboxylic acids is 1. The zero-order valence-corrected chi connectivity index (χ0v) is 14.7. The molecule has 0 spiro atoms. The number of thiophene rings is 1. The van der Waals surface area contributed by atoms with Gasteiger partial charge in [0.1, 0.15) is 5.75 Å². The predicted molar refractivity (Wildman–Crippen MR) is 95.4 cm³/mol. The zero-order chi connectivity index (χ0) is 16.9. The summed E-state index contributed by atoms with van der Waals surface area (Å²) in [6.45, 7) is 8.44. The van der Waals surface area contributed by atoms with Gasteiger partial charge in [-0.1, -0.05) is 32.9 Å². The summed E-state index contributed by atoms with van der Waals surface area (Å²) in [5, 5.41) is 3.92. The second kappa shape index (κ2) is 7.42. The highest BCUT2D eigenvalue weighted by Gasteiger charge is 2.13. The standard InChI is InChI=1S/C18H22N2O2S/c1-13-5-10-16(23-13)11-19-20-17(21)12-22-15-8-6-14(7-9-15)18(2,3)4/h5-11H,12H2,1-4H3,(H,20,21)/b19-11-. The summed E-state index contributed by atoms with van der Waals surface area (Å²) in [6.07, 6.45) is 1.63. The predicted octanol–water partition coefficient (Wildman–Crippen LogP) is 3.88. The van der Waals surface area contributed by atoms with Crippen LogP contribution in [-0.4, -0.2) is 18.7 Å². The molecule has 0 radical (unpaired) electrons. The normalized spacial score (nSPS) is 11.7. The summed E-state index contributed by atoms with van der Waals surface area (Å²) in [5.41, 5.74) is 3.79. The van der Waals surface area contributed by atoms with E-state index in [-0.39, 0.29) is 17.9 Å². The van der Waals surface area contributed by atoms with Gasteiger partial charge in [-0.25, -0.2) is 5.43 Å². The summed E-state index contributed by atoms with van der Waals surface area (Å²) in [7, 11) is 0. The van der Waals surface area contributed by atoms with Crippen LogP contribution < -0.4 is 10.2 Å². The SMILES string of the molecule is Cc1ccc(/C=N\NC(=O)COc2ccc(C(C)(C)C)cc2)s1. The van der Waals surface area contributed by atoms with Gasteiger partial charge >= 0.3 is 0 Å². The number of rotatable bonds is 5. The van der Waals surface area contributed by atoms with Crippen LogP contribution >= 0.6 is 11.3 Å². The maximum Gasteiger partial charge on any atom is 0.277 e. The van der Waals surface area contributed by atoms with Crippen molar-refractivity contribution in [1.29, 1.82) is 0 Å². The minimum atomic E-state index is -0.283. The molecule has 0 aliphatic rings. The minimum absolute atomic E-state index is 0.0598. The van der Waals surface area contributed by atoms with E-state index in [0.29, 0.717) is 5.75 Å². The van der Waals surface area contributed by atoms with Crippen molar-refractivity contribution in [2.45, 2.75) is 33.1 Å². The maximum absolute atomic E-state index is 11.7. The van der Waals surface area contributed by atoms with Crippen LogP contribution in [0.1, 0.15) is 36.1 Å². The maximum atomic E-state index is 11.7. The van der Waals surface area contributed by atoms with E-state index < -0.39 is 0 Å². The Morgan fingerprint density at radius 2 is 1.91 bits per heavy atom. The molecular formula is C18H22N2O2S. The third-order valence-corrected chi connectivity index (χ3v) is 4.17. The number of hydrogen-bond acceptors (Lipinski definition) is 4. The van der Waals surface area contributed by atoms with Gasteiger partial charge < -0.3 is 4.74 Å². The molecule has 1 N–H and O–H groups in total. The highest BCUT2D eigenvalue weighted by molar-refractivity contribution is 7.13. The number of hydrogen-bond donors (Lipinski definition) is 1. The molecule has 2 rings (SSSR count). The average Bonchev–Trinajstić information content (AvgIpc) is 2.90. The molecule has 0 fully saturated rings. The van der Waals surface area contributed by atoms with Crippen LogP contribution in [0.15, 0.2) is 41.5 Å². The van der Waals surface area contributed by atoms with Crippen LogP contribution in [0, 0.1) is 6.92 Å². The lowest BCUT2D eigenvalue weighted by Gasteiger charge is -2.19. The van der Waals surface area contributed by atoms with E-state index >= 15 is 0 Å². The van der Waals surface area contributed by atoms with Crippen LogP contribution in [0.2, 0.25) is 0 Å². The van der Waals surface area contributed by atoms with Gasteiger partial charge in [-0.3, -0.25) is 4.79 Å². The van der Waals surface area contributed by atoms with E-state index in [2.05, 4.69) is 31.3 Å². The van der Waals surface area contributed by atoms with Gasteiger partial charge in [0.2, 0.25) is 0 Å². The number of hydrazone groups is 1. The Kier molecular flexibility index (Phi) is 5.55. The summed E-state index contributed by atoms with van der Waals surface area (Å²) < 4.78 is 5.46. The molecule has 2 aromatic rings. The van der Waals surface area contributed by atoms with Crippen molar-refractivity contribution in [3.05, 3.63) is 51.7 Å². The van der Waals surface area contributed by atoms with E-state index in [1.54, 1.807) is 17.6 Å². The molecule has 23 heavy (non-hydrogen) atoms. The summed E-state index contributed by atoms with van der Waals surface area (Å²) in [5.74, 6) is 0.389. The second-order valence-electron chi connectivity index (χ2n) is 6.30. The minimum Gasteiger partial charge on any atom is -0.484 e. The molecule has 1 heterocycles. The van der Waals surface area contributed by atoms with Crippen molar-refractivity contribution in [2.75, 3.05) is 6.61 Å². The first-order valence-electron chi connectivity index (χ1n) is 7.46. The number of nitrogens with one attached hydrogen (secondary N) is 1. The lowest BCUT2D eigenvalue weighted by Crippen LogP contribution is -2.24. The molecule has 5 heteroatoms. The Labute approximate surface area is 141 Å². The van der Waals surface area contributed by atoms with Gasteiger partial charge in [0.25, 0.3) is 5.91 Å². The van der Waals surface area contributed by atoms with E-state index in [1.165, 1.54) is 10.4 Å². The van der Waals surface area contributed by atoms with Crippen LogP contribution in [-0.2, 0) is 10.2 Å². The fourth-order valence-electron chi connectivity index (χ4n) is 1.92. The Bertz CT molecular complexity index is 682. The van der Waals surface area contributed by atoms with Crippen LogP contribution in [0.4, 0.5) is 0 Å². The highest BCUT2D eigenvalue weighted by atomic mass is 32.1. The third kappa shape index (κ3) is 5.53. The largest absolute Gasteiger partial charge is 0.484 e. The van der Waals surface area contributed by atoms with Gasteiger partial charge in [0.15, 0.2) is 6.61 Å². The smallest absolute Gasteiger partial charge is 0.277 e. The van der Waals surface area contributed by atoms with Crippen molar-refractivity contribution >= 4 is 23.5 Å². The van der Waals surface area contributed by atoms with Crippen LogP contribution in [0.25, 0.3) is 0 Å². The van der Waals surface area contributed by atoms with Crippen molar-refractivity contribution in [3.63, 3.8) is 0 Å². The van der Waals surface area contributed by atoms with E-state index in [0.717, 1.165) is 4.88 Å². The summed E-state index contributed by atoms with van der Waals surface area (Å²) in [6, 6.07) is 11.8. The van der Waals surface area contributed by atoms with Gasteiger partial charge in [-0.05, 0) is 42.2 Å². The van der Waals surface area contributed by atoms with Crippen molar-refractivity contribution in [2.24, 2.45) is 5.10 Å². The molecule has 0 saturated heterocycles. The van der Waals surface area contributed by atoms with Gasteiger partial charge in [-0.2, -0.15) is 5.10 Å². The van der Waals surface area contributed by atoms with Crippen LogP contribution in [0.3, 0.4) is 0 Å². The molecule has 1 aromatic carbocycles. The molecule has 0 aliphatic heterocycles. The van der Waals surface area contributed by atoms with E-state index in [4.69, 9.17) is 4.74 Å². The van der Waals surface area contributed by atoms with Crippen molar-refractivity contribution in [1.82, 2.24) is 5.43 Å². The van der Waals surface area contributed by atoms with Crippen molar-refractivity contribution in [3.8, 4) is 5.75 Å². The number of benzene rings is 1. The molecule has 0 atom stereocenters. The fourth-order valence-corrected chi connectivity index (χ4v) is 2.67. The number of aryl methyl sites for hydroxylation is 1. The molecular weight excluding hydrogens is 308 g/mol. The topological polar surface area (TPSA) is 50.7 Å². The zero-order valence-electron chi connectivity index (χ0n) is 13.9. The Hall–Kier alpha value is -2.14. The van der Waals surface area contributed by atoms with E-state index in [1.807, 2.05) is 43.3 Å². The molecule has 0 unspecified atom stereocenters. The lowest BCUT2D eigenvalue weighted by molar-refractivity contribution is -0.123. The lowest BCUT2D eigenvalue weighted by atomic mass is 9.87. The first-order chi connectivity index (χ1) is 10.8.